The van der Waals surface area contributed by atoms with Gasteiger partial charge in [0.2, 0.25) is 0 Å². The van der Waals surface area contributed by atoms with Gasteiger partial charge in [-0.2, -0.15) is 0 Å². The number of methoxy groups -OCH3 is 1. The zero-order chi connectivity index (χ0) is 14.0. The van der Waals surface area contributed by atoms with E-state index in [4.69, 9.17) is 16.3 Å². The fourth-order valence-corrected chi connectivity index (χ4v) is 2.53. The number of ether oxygens (including phenoxy) is 1. The van der Waals surface area contributed by atoms with Gasteiger partial charge in [-0.15, -0.1) is 0 Å². The molecule has 0 saturated heterocycles. The predicted octanol–water partition coefficient (Wildman–Crippen LogP) is 2.19. The minimum atomic E-state index is -0.196. The number of nitrogens with zero attached hydrogens (tertiary/aromatic N) is 1. The monoisotopic (exact) mass is 283 g/mol. The number of aliphatic hydroxyl groups is 1. The number of hydrogen-bond acceptors (Lipinski definition) is 3. The lowest BCUT2D eigenvalue weighted by Gasteiger charge is -2.34. The number of carbonyl (C=O) groups is 1. The van der Waals surface area contributed by atoms with E-state index in [1.165, 1.54) is 7.11 Å². The van der Waals surface area contributed by atoms with E-state index in [1.807, 2.05) is 0 Å². The Balaban J connectivity index is 2.06. The highest BCUT2D eigenvalue weighted by atomic mass is 35.5. The first-order valence-corrected chi connectivity index (χ1v) is 6.66. The molecule has 1 aromatic rings. The van der Waals surface area contributed by atoms with Crippen LogP contribution in [0.5, 0.6) is 5.75 Å². The molecule has 0 radical (unpaired) electrons. The van der Waals surface area contributed by atoms with Gasteiger partial charge in [0.15, 0.2) is 0 Å². The molecule has 1 saturated carbocycles. The Hall–Kier alpha value is -1.26. The molecule has 0 aliphatic heterocycles. The van der Waals surface area contributed by atoms with Crippen LogP contribution in [-0.4, -0.2) is 42.7 Å². The van der Waals surface area contributed by atoms with E-state index in [1.54, 1.807) is 30.1 Å². The third kappa shape index (κ3) is 3.19. The molecule has 19 heavy (non-hydrogen) atoms. The molecular weight excluding hydrogens is 266 g/mol. The first-order chi connectivity index (χ1) is 9.01. The van der Waals surface area contributed by atoms with Gasteiger partial charge in [-0.3, -0.25) is 4.79 Å². The summed E-state index contributed by atoms with van der Waals surface area (Å²) in [5.41, 5.74) is 0.509. The fraction of sp³-hybridized carbons (Fsp3) is 0.500. The molecule has 5 heteroatoms. The number of benzene rings is 1. The minimum absolute atomic E-state index is 0.0880. The normalized spacial score (nSPS) is 21.7. The molecule has 1 aliphatic rings. The van der Waals surface area contributed by atoms with Crippen molar-refractivity contribution in [3.8, 4) is 5.75 Å². The third-order valence-corrected chi connectivity index (χ3v) is 3.72. The summed E-state index contributed by atoms with van der Waals surface area (Å²) >= 11 is 5.88. The number of hydrogen-bond donors (Lipinski definition) is 1. The van der Waals surface area contributed by atoms with Gasteiger partial charge < -0.3 is 14.7 Å². The molecule has 0 bridgehead atoms. The number of rotatable bonds is 4. The maximum Gasteiger partial charge on any atom is 0.257 e. The smallest absolute Gasteiger partial charge is 0.257 e. The summed E-state index contributed by atoms with van der Waals surface area (Å²) < 4.78 is 5.19. The largest absolute Gasteiger partial charge is 0.496 e. The Labute approximate surface area is 117 Å². The van der Waals surface area contributed by atoms with Crippen molar-refractivity contribution >= 4 is 17.5 Å². The lowest BCUT2D eigenvalue weighted by Crippen LogP contribution is -2.39. The highest BCUT2D eigenvalue weighted by molar-refractivity contribution is 6.30. The fourth-order valence-electron chi connectivity index (χ4n) is 2.37. The molecule has 0 atom stereocenters. The highest BCUT2D eigenvalue weighted by Crippen LogP contribution is 2.29. The van der Waals surface area contributed by atoms with Gasteiger partial charge in [0.25, 0.3) is 5.91 Å². The van der Waals surface area contributed by atoms with Crippen LogP contribution in [0.1, 0.15) is 23.2 Å². The Morgan fingerprint density at radius 3 is 2.79 bits per heavy atom. The van der Waals surface area contributed by atoms with Crippen molar-refractivity contribution in [1.82, 2.24) is 4.90 Å². The average molecular weight is 284 g/mol. The summed E-state index contributed by atoms with van der Waals surface area (Å²) in [6, 6.07) is 4.99. The highest BCUT2D eigenvalue weighted by Gasteiger charge is 2.29. The Morgan fingerprint density at radius 2 is 2.21 bits per heavy atom. The first kappa shape index (κ1) is 14.2. The average Bonchev–Trinajstić information content (AvgIpc) is 2.35. The number of amides is 1. The van der Waals surface area contributed by atoms with Crippen molar-refractivity contribution in [2.75, 3.05) is 20.7 Å². The maximum absolute atomic E-state index is 12.3. The number of halogens is 1. The zero-order valence-corrected chi connectivity index (χ0v) is 11.9. The zero-order valence-electron chi connectivity index (χ0n) is 11.1. The molecule has 2 rings (SSSR count). The standard InChI is InChI=1S/C14H18ClNO3/c1-16(8-9-5-11(17)6-9)14(18)12-4-3-10(15)7-13(12)19-2/h3-4,7,9,11,17H,5-6,8H2,1-2H3. The van der Waals surface area contributed by atoms with Gasteiger partial charge in [0.1, 0.15) is 5.75 Å². The molecule has 1 N–H and O–H groups in total. The lowest BCUT2D eigenvalue weighted by atomic mass is 9.82. The molecule has 4 nitrogen and oxygen atoms in total. The molecule has 0 unspecified atom stereocenters. The SMILES string of the molecule is COc1cc(Cl)ccc1C(=O)N(C)CC1CC(O)C1. The number of aliphatic hydroxyl groups excluding tert-OH is 1. The van der Waals surface area contributed by atoms with E-state index >= 15 is 0 Å². The second kappa shape index (κ2) is 5.80. The van der Waals surface area contributed by atoms with E-state index in [0.29, 0.717) is 28.8 Å². The molecule has 1 fully saturated rings. The summed E-state index contributed by atoms with van der Waals surface area (Å²) in [5.74, 6) is 0.787. The van der Waals surface area contributed by atoms with Crippen LogP contribution in [0.15, 0.2) is 18.2 Å². The van der Waals surface area contributed by atoms with Crippen LogP contribution in [-0.2, 0) is 0 Å². The van der Waals surface area contributed by atoms with Gasteiger partial charge in [-0.25, -0.2) is 0 Å². The first-order valence-electron chi connectivity index (χ1n) is 6.28. The van der Waals surface area contributed by atoms with Crippen molar-refractivity contribution in [3.05, 3.63) is 28.8 Å². The van der Waals surface area contributed by atoms with Crippen molar-refractivity contribution in [3.63, 3.8) is 0 Å². The van der Waals surface area contributed by atoms with Gasteiger partial charge in [-0.05, 0) is 37.0 Å². The molecule has 0 spiro atoms. The van der Waals surface area contributed by atoms with Gasteiger partial charge >= 0.3 is 0 Å². The Kier molecular flexibility index (Phi) is 4.32. The van der Waals surface area contributed by atoms with Crippen molar-refractivity contribution in [2.24, 2.45) is 5.92 Å². The van der Waals surface area contributed by atoms with Gasteiger partial charge in [-0.1, -0.05) is 11.6 Å². The van der Waals surface area contributed by atoms with E-state index in [9.17, 15) is 9.90 Å². The molecule has 1 aliphatic carbocycles. The molecule has 1 amide bonds. The second-order valence-corrected chi connectivity index (χ2v) is 5.46. The maximum atomic E-state index is 12.3. The Morgan fingerprint density at radius 1 is 1.53 bits per heavy atom. The summed E-state index contributed by atoms with van der Waals surface area (Å²) in [4.78, 5) is 14.0. The Bertz CT molecular complexity index is 472. The van der Waals surface area contributed by atoms with Crippen LogP contribution in [0.2, 0.25) is 5.02 Å². The van der Waals surface area contributed by atoms with Crippen molar-refractivity contribution in [1.29, 1.82) is 0 Å². The van der Waals surface area contributed by atoms with E-state index < -0.39 is 0 Å². The quantitative estimate of drug-likeness (QED) is 0.921. The van der Waals surface area contributed by atoms with Crippen molar-refractivity contribution in [2.45, 2.75) is 18.9 Å². The number of carbonyl (C=O) groups excluding carboxylic acids is 1. The molecule has 104 valence electrons. The van der Waals surface area contributed by atoms with Gasteiger partial charge in [0, 0.05) is 18.6 Å². The third-order valence-electron chi connectivity index (χ3n) is 3.48. The summed E-state index contributed by atoms with van der Waals surface area (Å²) in [7, 11) is 3.28. The summed E-state index contributed by atoms with van der Waals surface area (Å²) in [5, 5.41) is 9.80. The topological polar surface area (TPSA) is 49.8 Å². The predicted molar refractivity (Wildman–Crippen MR) is 73.7 cm³/mol. The van der Waals surface area contributed by atoms with Crippen LogP contribution >= 0.6 is 11.6 Å². The van der Waals surface area contributed by atoms with E-state index in [2.05, 4.69) is 0 Å². The minimum Gasteiger partial charge on any atom is -0.496 e. The summed E-state index contributed by atoms with van der Waals surface area (Å²) in [6.45, 7) is 0.654. The van der Waals surface area contributed by atoms with Crippen LogP contribution < -0.4 is 4.74 Å². The van der Waals surface area contributed by atoms with Crippen molar-refractivity contribution < 1.29 is 14.6 Å². The molecule has 0 heterocycles. The molecular formula is C14H18ClNO3. The van der Waals surface area contributed by atoms with Crippen LogP contribution in [0.3, 0.4) is 0 Å². The van der Waals surface area contributed by atoms with E-state index in [0.717, 1.165) is 12.8 Å². The lowest BCUT2D eigenvalue weighted by molar-refractivity contribution is 0.0264. The van der Waals surface area contributed by atoms with E-state index in [-0.39, 0.29) is 12.0 Å². The van der Waals surface area contributed by atoms with Crippen LogP contribution in [0, 0.1) is 5.92 Å². The second-order valence-electron chi connectivity index (χ2n) is 5.02. The summed E-state index contributed by atoms with van der Waals surface area (Å²) in [6.07, 6.45) is 1.35. The van der Waals surface area contributed by atoms with Crippen LogP contribution in [0.25, 0.3) is 0 Å². The van der Waals surface area contributed by atoms with Crippen LogP contribution in [0.4, 0.5) is 0 Å². The molecule has 0 aromatic heterocycles. The van der Waals surface area contributed by atoms with Gasteiger partial charge in [0.05, 0.1) is 18.8 Å². The molecule has 1 aromatic carbocycles.